The number of nitrogens with one attached hydrogen (secondary N) is 2. The lowest BCUT2D eigenvalue weighted by atomic mass is 10.0. The number of rotatable bonds is 9. The number of aliphatic imine (C=N–C) groups is 1. The topological polar surface area (TPSA) is 52.8 Å². The summed E-state index contributed by atoms with van der Waals surface area (Å²) in [5, 5.41) is 6.67. The molecule has 2 N–H and O–H groups in total. The summed E-state index contributed by atoms with van der Waals surface area (Å²) in [4.78, 5) is 6.99. The van der Waals surface area contributed by atoms with Gasteiger partial charge in [-0.1, -0.05) is 13.8 Å². The fourth-order valence-electron chi connectivity index (χ4n) is 2.29. The van der Waals surface area contributed by atoms with Gasteiger partial charge in [-0.15, -0.1) is 24.0 Å². The SMILES string of the molecule is CCNC(=NCC(CC(C)C)N(C)C)NCCc1ccco1.I. The molecule has 0 saturated carbocycles. The third-order valence-electron chi connectivity index (χ3n) is 3.52. The zero-order valence-corrected chi connectivity index (χ0v) is 17.5. The Morgan fingerprint density at radius 3 is 2.57 bits per heavy atom. The Balaban J connectivity index is 0.00000484. The standard InChI is InChI=1S/C17H32N4O.HI/c1-6-18-17(19-10-9-16-8-7-11-22-16)20-13-15(21(4)5)12-14(2)3;/h7-8,11,14-15H,6,9-10,12-13H2,1-5H3,(H2,18,19,20);1H. The van der Waals surface area contributed by atoms with Crippen molar-refractivity contribution in [2.24, 2.45) is 10.9 Å². The average Bonchev–Trinajstić information content (AvgIpc) is 2.95. The third-order valence-corrected chi connectivity index (χ3v) is 3.52. The molecule has 1 heterocycles. The smallest absolute Gasteiger partial charge is 0.191 e. The first kappa shape index (κ1) is 22.2. The van der Waals surface area contributed by atoms with Gasteiger partial charge in [-0.2, -0.15) is 0 Å². The predicted octanol–water partition coefficient (Wildman–Crippen LogP) is 2.97. The molecule has 23 heavy (non-hydrogen) atoms. The van der Waals surface area contributed by atoms with Gasteiger partial charge in [-0.25, -0.2) is 0 Å². The molecule has 0 amide bonds. The van der Waals surface area contributed by atoms with Crippen molar-refractivity contribution in [1.82, 2.24) is 15.5 Å². The van der Waals surface area contributed by atoms with Gasteiger partial charge in [-0.05, 0) is 45.5 Å². The van der Waals surface area contributed by atoms with E-state index in [2.05, 4.69) is 50.4 Å². The number of halogens is 1. The predicted molar refractivity (Wildman–Crippen MR) is 109 cm³/mol. The van der Waals surface area contributed by atoms with Crippen molar-refractivity contribution >= 4 is 29.9 Å². The van der Waals surface area contributed by atoms with Gasteiger partial charge in [0.1, 0.15) is 5.76 Å². The number of furan rings is 1. The van der Waals surface area contributed by atoms with Crippen LogP contribution in [0.5, 0.6) is 0 Å². The highest BCUT2D eigenvalue weighted by molar-refractivity contribution is 14.0. The molecule has 1 aromatic heterocycles. The first-order valence-corrected chi connectivity index (χ1v) is 8.23. The van der Waals surface area contributed by atoms with Gasteiger partial charge in [0.25, 0.3) is 0 Å². The molecular weight excluding hydrogens is 403 g/mol. The summed E-state index contributed by atoms with van der Waals surface area (Å²) in [7, 11) is 4.25. The fraction of sp³-hybridized carbons (Fsp3) is 0.706. The van der Waals surface area contributed by atoms with Crippen LogP contribution < -0.4 is 10.6 Å². The second-order valence-corrected chi connectivity index (χ2v) is 6.22. The molecule has 1 rings (SSSR count). The zero-order chi connectivity index (χ0) is 16.4. The molecule has 0 radical (unpaired) electrons. The van der Waals surface area contributed by atoms with E-state index in [0.717, 1.165) is 44.2 Å². The van der Waals surface area contributed by atoms with E-state index in [-0.39, 0.29) is 24.0 Å². The monoisotopic (exact) mass is 436 g/mol. The summed E-state index contributed by atoms with van der Waals surface area (Å²) >= 11 is 0. The summed E-state index contributed by atoms with van der Waals surface area (Å²) in [5.74, 6) is 2.55. The molecule has 1 unspecified atom stereocenters. The fourth-order valence-corrected chi connectivity index (χ4v) is 2.29. The molecule has 0 aromatic carbocycles. The molecule has 0 saturated heterocycles. The van der Waals surface area contributed by atoms with E-state index < -0.39 is 0 Å². The van der Waals surface area contributed by atoms with E-state index in [1.807, 2.05) is 12.1 Å². The van der Waals surface area contributed by atoms with E-state index in [0.29, 0.717) is 12.0 Å². The maximum absolute atomic E-state index is 5.34. The van der Waals surface area contributed by atoms with Crippen LogP contribution >= 0.6 is 24.0 Å². The number of hydrogen-bond acceptors (Lipinski definition) is 3. The number of likely N-dealkylation sites (N-methyl/N-ethyl adjacent to an activating group) is 1. The maximum atomic E-state index is 5.34. The van der Waals surface area contributed by atoms with E-state index in [1.54, 1.807) is 6.26 Å². The van der Waals surface area contributed by atoms with Crippen LogP contribution in [0, 0.1) is 5.92 Å². The van der Waals surface area contributed by atoms with Crippen LogP contribution in [0.2, 0.25) is 0 Å². The highest BCUT2D eigenvalue weighted by atomic mass is 127. The molecule has 1 atom stereocenters. The van der Waals surface area contributed by atoms with Gasteiger partial charge in [0.2, 0.25) is 0 Å². The molecule has 134 valence electrons. The summed E-state index contributed by atoms with van der Waals surface area (Å²) in [6.07, 6.45) is 3.73. The van der Waals surface area contributed by atoms with Crippen LogP contribution in [-0.2, 0) is 6.42 Å². The van der Waals surface area contributed by atoms with Gasteiger partial charge in [-0.3, -0.25) is 4.99 Å². The largest absolute Gasteiger partial charge is 0.469 e. The summed E-state index contributed by atoms with van der Waals surface area (Å²) < 4.78 is 5.34. The van der Waals surface area contributed by atoms with E-state index in [9.17, 15) is 0 Å². The minimum Gasteiger partial charge on any atom is -0.469 e. The second kappa shape index (κ2) is 12.6. The lowest BCUT2D eigenvalue weighted by Gasteiger charge is -2.24. The Morgan fingerprint density at radius 1 is 1.30 bits per heavy atom. The van der Waals surface area contributed by atoms with Crippen LogP contribution in [0.1, 0.15) is 33.0 Å². The molecular formula is C17H33IN4O. The minimum atomic E-state index is 0. The van der Waals surface area contributed by atoms with Crippen molar-refractivity contribution in [2.75, 3.05) is 33.7 Å². The molecule has 0 bridgehead atoms. The van der Waals surface area contributed by atoms with Crippen LogP contribution in [0.25, 0.3) is 0 Å². The minimum absolute atomic E-state index is 0. The van der Waals surface area contributed by atoms with Crippen molar-refractivity contribution in [1.29, 1.82) is 0 Å². The van der Waals surface area contributed by atoms with Crippen molar-refractivity contribution < 1.29 is 4.42 Å². The average molecular weight is 436 g/mol. The molecule has 6 heteroatoms. The molecule has 1 aromatic rings. The van der Waals surface area contributed by atoms with Gasteiger partial charge in [0.15, 0.2) is 5.96 Å². The second-order valence-electron chi connectivity index (χ2n) is 6.22. The van der Waals surface area contributed by atoms with Crippen molar-refractivity contribution in [3.8, 4) is 0 Å². The van der Waals surface area contributed by atoms with Crippen molar-refractivity contribution in [3.05, 3.63) is 24.2 Å². The van der Waals surface area contributed by atoms with E-state index in [1.165, 1.54) is 0 Å². The maximum Gasteiger partial charge on any atom is 0.191 e. The highest BCUT2D eigenvalue weighted by Crippen LogP contribution is 2.09. The first-order chi connectivity index (χ1) is 10.5. The number of guanidine groups is 1. The molecule has 0 spiro atoms. The number of hydrogen-bond donors (Lipinski definition) is 2. The summed E-state index contributed by atoms with van der Waals surface area (Å²) in [6.45, 7) is 9.09. The van der Waals surface area contributed by atoms with Gasteiger partial charge >= 0.3 is 0 Å². The lowest BCUT2D eigenvalue weighted by Crippen LogP contribution is -2.40. The quantitative estimate of drug-likeness (QED) is 0.355. The summed E-state index contributed by atoms with van der Waals surface area (Å²) in [6, 6.07) is 4.39. The van der Waals surface area contributed by atoms with Gasteiger partial charge in [0.05, 0.1) is 12.8 Å². The van der Waals surface area contributed by atoms with E-state index >= 15 is 0 Å². The van der Waals surface area contributed by atoms with Crippen molar-refractivity contribution in [3.63, 3.8) is 0 Å². The molecule has 5 nitrogen and oxygen atoms in total. The Labute approximate surface area is 158 Å². The molecule has 0 aliphatic rings. The van der Waals surface area contributed by atoms with Crippen LogP contribution in [0.4, 0.5) is 0 Å². The molecule has 0 aliphatic carbocycles. The Bertz CT molecular complexity index is 418. The normalized spacial score (nSPS) is 13.1. The molecule has 0 aliphatic heterocycles. The van der Waals surface area contributed by atoms with Crippen molar-refractivity contribution in [2.45, 2.75) is 39.7 Å². The van der Waals surface area contributed by atoms with Crippen LogP contribution in [-0.4, -0.2) is 50.6 Å². The highest BCUT2D eigenvalue weighted by Gasteiger charge is 2.13. The zero-order valence-electron chi connectivity index (χ0n) is 15.1. The summed E-state index contributed by atoms with van der Waals surface area (Å²) in [5.41, 5.74) is 0. The van der Waals surface area contributed by atoms with E-state index in [4.69, 9.17) is 9.41 Å². The van der Waals surface area contributed by atoms with Gasteiger partial charge < -0.3 is 20.0 Å². The Morgan fingerprint density at radius 2 is 2.04 bits per heavy atom. The molecule has 0 fully saturated rings. The Kier molecular flexibility index (Phi) is 12.2. The Hall–Kier alpha value is -0.760. The van der Waals surface area contributed by atoms with Crippen LogP contribution in [0.3, 0.4) is 0 Å². The first-order valence-electron chi connectivity index (χ1n) is 8.23. The number of nitrogens with zero attached hydrogens (tertiary/aromatic N) is 2. The van der Waals surface area contributed by atoms with Crippen LogP contribution in [0.15, 0.2) is 27.8 Å². The van der Waals surface area contributed by atoms with Gasteiger partial charge in [0, 0.05) is 25.6 Å². The lowest BCUT2D eigenvalue weighted by molar-refractivity contribution is 0.261. The third kappa shape index (κ3) is 9.86.